The maximum Gasteiger partial charge on any atom is 0.303 e. The van der Waals surface area contributed by atoms with Gasteiger partial charge in [-0.2, -0.15) is 0 Å². The number of aryl methyl sites for hydroxylation is 1. The molecule has 0 amide bonds. The van der Waals surface area contributed by atoms with E-state index in [9.17, 15) is 13.6 Å². The van der Waals surface area contributed by atoms with E-state index < -0.39 is 17.3 Å². The SMILES string of the molecule is CCC(F)(F)c1sc(COc2ccc(CCCCCC(=O)O)cc2)cc1C1(C)C=CC=CC1. The third-order valence-corrected chi connectivity index (χ3v) is 7.31. The maximum atomic E-state index is 14.8. The first-order valence-electron chi connectivity index (χ1n) is 11.5. The maximum absolute atomic E-state index is 14.8. The standard InChI is InChI=1S/C27H32F2O3S/c1-3-27(28,29)25-23(26(2)16-8-5-9-17-26)18-22(33-25)19-32-21-14-12-20(13-15-21)10-6-4-7-11-24(30)31/h5,8-9,12-16,18H,3-4,6-7,10-11,17,19H2,1-2H3,(H,30,31). The van der Waals surface area contributed by atoms with Crippen LogP contribution < -0.4 is 4.74 Å². The van der Waals surface area contributed by atoms with Gasteiger partial charge in [-0.25, -0.2) is 8.78 Å². The Balaban J connectivity index is 1.63. The third-order valence-electron chi connectivity index (χ3n) is 6.09. The van der Waals surface area contributed by atoms with E-state index in [0.29, 0.717) is 24.2 Å². The fourth-order valence-corrected chi connectivity index (χ4v) is 5.24. The van der Waals surface area contributed by atoms with Crippen LogP contribution in [0, 0.1) is 0 Å². The number of halogens is 2. The van der Waals surface area contributed by atoms with Crippen molar-refractivity contribution in [3.8, 4) is 5.75 Å². The smallest absolute Gasteiger partial charge is 0.303 e. The molecule has 2 aromatic rings. The van der Waals surface area contributed by atoms with E-state index in [0.717, 1.165) is 35.5 Å². The number of aliphatic carboxylic acids is 1. The molecule has 0 saturated heterocycles. The highest BCUT2D eigenvalue weighted by Gasteiger charge is 2.39. The Morgan fingerprint density at radius 3 is 2.58 bits per heavy atom. The second-order valence-corrected chi connectivity index (χ2v) is 9.95. The topological polar surface area (TPSA) is 46.5 Å². The van der Waals surface area contributed by atoms with Gasteiger partial charge in [-0.05, 0) is 55.0 Å². The number of alkyl halides is 2. The molecule has 0 bridgehead atoms. The summed E-state index contributed by atoms with van der Waals surface area (Å²) in [6.45, 7) is 3.78. The van der Waals surface area contributed by atoms with Crippen LogP contribution in [0.15, 0.2) is 54.6 Å². The minimum Gasteiger partial charge on any atom is -0.488 e. The van der Waals surface area contributed by atoms with Gasteiger partial charge in [-0.15, -0.1) is 11.3 Å². The number of carbonyl (C=O) groups is 1. The van der Waals surface area contributed by atoms with Crippen molar-refractivity contribution in [3.05, 3.63) is 75.5 Å². The Labute approximate surface area is 198 Å². The summed E-state index contributed by atoms with van der Waals surface area (Å²) in [5.41, 5.74) is 1.42. The lowest BCUT2D eigenvalue weighted by atomic mass is 9.76. The number of hydrogen-bond donors (Lipinski definition) is 1. The summed E-state index contributed by atoms with van der Waals surface area (Å²) >= 11 is 1.15. The van der Waals surface area contributed by atoms with Crippen molar-refractivity contribution in [2.45, 2.75) is 76.7 Å². The first-order valence-corrected chi connectivity index (χ1v) is 12.3. The van der Waals surface area contributed by atoms with E-state index in [1.165, 1.54) is 12.5 Å². The fourth-order valence-electron chi connectivity index (χ4n) is 3.99. The molecule has 1 aromatic heterocycles. The number of ether oxygens (including phenoxy) is 1. The zero-order valence-corrected chi connectivity index (χ0v) is 20.1. The van der Waals surface area contributed by atoms with Crippen molar-refractivity contribution < 1.29 is 23.4 Å². The minimum absolute atomic E-state index is 0.143. The number of rotatable bonds is 12. The first-order chi connectivity index (χ1) is 15.7. The number of unbranched alkanes of at least 4 members (excludes halogenated alkanes) is 2. The Kier molecular flexibility index (Phi) is 8.46. The summed E-state index contributed by atoms with van der Waals surface area (Å²) in [5.74, 6) is -2.90. The number of benzene rings is 1. The normalized spacial score (nSPS) is 17.9. The van der Waals surface area contributed by atoms with Crippen molar-refractivity contribution in [1.29, 1.82) is 0 Å². The average Bonchev–Trinajstić information content (AvgIpc) is 3.25. The van der Waals surface area contributed by atoms with Crippen LogP contribution in [0.4, 0.5) is 8.78 Å². The van der Waals surface area contributed by atoms with E-state index in [2.05, 4.69) is 0 Å². The van der Waals surface area contributed by atoms with Gasteiger partial charge in [0.1, 0.15) is 12.4 Å². The Bertz CT molecular complexity index is 991. The molecule has 0 spiro atoms. The molecule has 1 unspecified atom stereocenters. The van der Waals surface area contributed by atoms with Gasteiger partial charge < -0.3 is 9.84 Å². The van der Waals surface area contributed by atoms with Gasteiger partial charge in [0.05, 0.1) is 4.88 Å². The largest absolute Gasteiger partial charge is 0.488 e. The lowest BCUT2D eigenvalue weighted by Gasteiger charge is -2.29. The van der Waals surface area contributed by atoms with Crippen LogP contribution in [0.3, 0.4) is 0 Å². The number of carboxylic acids is 1. The predicted octanol–water partition coefficient (Wildman–Crippen LogP) is 7.79. The van der Waals surface area contributed by atoms with Crippen molar-refractivity contribution in [1.82, 2.24) is 0 Å². The molecule has 0 aliphatic heterocycles. The van der Waals surface area contributed by atoms with Gasteiger partial charge >= 0.3 is 5.97 Å². The molecular weight excluding hydrogens is 442 g/mol. The molecule has 33 heavy (non-hydrogen) atoms. The quantitative estimate of drug-likeness (QED) is 0.319. The summed E-state index contributed by atoms with van der Waals surface area (Å²) in [6, 6.07) is 9.70. The fraction of sp³-hybridized carbons (Fsp3) is 0.444. The van der Waals surface area contributed by atoms with Crippen molar-refractivity contribution >= 4 is 17.3 Å². The second kappa shape index (κ2) is 11.1. The van der Waals surface area contributed by atoms with Crippen molar-refractivity contribution in [2.75, 3.05) is 0 Å². The van der Waals surface area contributed by atoms with Crippen LogP contribution in [0.5, 0.6) is 5.75 Å². The number of hydrogen-bond acceptors (Lipinski definition) is 3. The van der Waals surface area contributed by atoms with Crippen LogP contribution >= 0.6 is 11.3 Å². The van der Waals surface area contributed by atoms with E-state index in [-0.39, 0.29) is 24.3 Å². The molecule has 1 atom stereocenters. The van der Waals surface area contributed by atoms with Crippen molar-refractivity contribution in [3.63, 3.8) is 0 Å². The van der Waals surface area contributed by atoms with Gasteiger partial charge in [-0.3, -0.25) is 4.79 Å². The Hall–Kier alpha value is -2.47. The van der Waals surface area contributed by atoms with E-state index in [4.69, 9.17) is 9.84 Å². The van der Waals surface area contributed by atoms with E-state index in [1.807, 2.05) is 61.6 Å². The molecule has 1 aromatic carbocycles. The minimum atomic E-state index is -2.86. The summed E-state index contributed by atoms with van der Waals surface area (Å²) in [4.78, 5) is 11.5. The molecule has 1 N–H and O–H groups in total. The molecule has 6 heteroatoms. The Morgan fingerprint density at radius 1 is 1.18 bits per heavy atom. The average molecular weight is 475 g/mol. The summed E-state index contributed by atoms with van der Waals surface area (Å²) in [7, 11) is 0. The monoisotopic (exact) mass is 474 g/mol. The molecule has 3 nitrogen and oxygen atoms in total. The molecule has 1 aliphatic rings. The lowest BCUT2D eigenvalue weighted by molar-refractivity contribution is -0.137. The number of thiophene rings is 1. The summed E-state index contributed by atoms with van der Waals surface area (Å²) in [6.07, 6.45) is 12.0. The van der Waals surface area contributed by atoms with E-state index >= 15 is 0 Å². The van der Waals surface area contributed by atoms with Crippen LogP contribution in [-0.4, -0.2) is 11.1 Å². The van der Waals surface area contributed by atoms with Gasteiger partial charge in [0.15, 0.2) is 0 Å². The van der Waals surface area contributed by atoms with Crippen LogP contribution in [-0.2, 0) is 29.2 Å². The van der Waals surface area contributed by atoms with Crippen LogP contribution in [0.25, 0.3) is 0 Å². The van der Waals surface area contributed by atoms with Crippen LogP contribution in [0.1, 0.15) is 73.3 Å². The molecule has 1 heterocycles. The van der Waals surface area contributed by atoms with Gasteiger partial charge in [0.2, 0.25) is 0 Å². The highest BCUT2D eigenvalue weighted by atomic mass is 32.1. The zero-order chi connectivity index (χ0) is 23.9. The predicted molar refractivity (Wildman–Crippen MR) is 129 cm³/mol. The highest BCUT2D eigenvalue weighted by molar-refractivity contribution is 7.12. The molecule has 0 radical (unpaired) electrons. The van der Waals surface area contributed by atoms with Crippen molar-refractivity contribution in [2.24, 2.45) is 0 Å². The first kappa shape index (κ1) is 25.2. The van der Waals surface area contributed by atoms with Gasteiger partial charge in [0.25, 0.3) is 5.92 Å². The molecule has 0 fully saturated rings. The van der Waals surface area contributed by atoms with Gasteiger partial charge in [0, 0.05) is 23.1 Å². The number of carboxylic acid groups (broad SMARTS) is 1. The summed E-state index contributed by atoms with van der Waals surface area (Å²) < 4.78 is 35.5. The number of allylic oxidation sites excluding steroid dienone is 4. The summed E-state index contributed by atoms with van der Waals surface area (Å²) in [5, 5.41) is 8.69. The molecule has 1 aliphatic carbocycles. The second-order valence-electron chi connectivity index (χ2n) is 8.81. The van der Waals surface area contributed by atoms with E-state index in [1.54, 1.807) is 0 Å². The Morgan fingerprint density at radius 2 is 1.94 bits per heavy atom. The zero-order valence-electron chi connectivity index (χ0n) is 19.3. The molecule has 178 valence electrons. The molecule has 0 saturated carbocycles. The van der Waals surface area contributed by atoms with Gasteiger partial charge in [-0.1, -0.05) is 56.7 Å². The molecule has 3 rings (SSSR count). The highest BCUT2D eigenvalue weighted by Crippen LogP contribution is 2.46. The lowest BCUT2D eigenvalue weighted by Crippen LogP contribution is -2.24. The third kappa shape index (κ3) is 6.76. The molecular formula is C27H32F2O3S. The van der Waals surface area contributed by atoms with Crippen LogP contribution in [0.2, 0.25) is 0 Å².